The number of nitrogens with two attached hydrogens (primary N) is 1. The largest absolute Gasteiger partial charge is 0.389 e. The molecule has 0 saturated heterocycles. The van der Waals surface area contributed by atoms with Crippen molar-refractivity contribution in [3.05, 3.63) is 59.9 Å². The van der Waals surface area contributed by atoms with E-state index in [2.05, 4.69) is 5.32 Å². The molecule has 0 aliphatic heterocycles. The van der Waals surface area contributed by atoms with Gasteiger partial charge in [0, 0.05) is 18.3 Å². The van der Waals surface area contributed by atoms with Gasteiger partial charge in [0.1, 0.15) is 10.8 Å². The molecule has 2 aromatic carbocycles. The first kappa shape index (κ1) is 14.9. The number of amides is 2. The number of carbonyl (C=O) groups excluding carboxylic acids is 1. The molecule has 4 nitrogen and oxygen atoms in total. The highest BCUT2D eigenvalue weighted by Gasteiger charge is 2.15. The van der Waals surface area contributed by atoms with Crippen LogP contribution in [0.3, 0.4) is 0 Å². The van der Waals surface area contributed by atoms with Crippen molar-refractivity contribution in [1.82, 2.24) is 0 Å². The fourth-order valence-electron chi connectivity index (χ4n) is 1.86. The van der Waals surface area contributed by atoms with E-state index < -0.39 is 11.8 Å². The van der Waals surface area contributed by atoms with Gasteiger partial charge in [-0.2, -0.15) is 0 Å². The molecule has 21 heavy (non-hydrogen) atoms. The van der Waals surface area contributed by atoms with Crippen molar-refractivity contribution in [2.24, 2.45) is 5.73 Å². The van der Waals surface area contributed by atoms with Gasteiger partial charge in [-0.15, -0.1) is 0 Å². The van der Waals surface area contributed by atoms with E-state index in [0.717, 1.165) is 0 Å². The molecule has 2 rings (SSSR count). The molecule has 0 spiro atoms. The third-order valence-corrected chi connectivity index (χ3v) is 3.13. The topological polar surface area (TPSA) is 58.4 Å². The molecule has 0 unspecified atom stereocenters. The number of anilines is 2. The summed E-state index contributed by atoms with van der Waals surface area (Å²) < 4.78 is 13.1. The van der Waals surface area contributed by atoms with Gasteiger partial charge in [0.05, 0.1) is 5.69 Å². The Balaban J connectivity index is 2.22. The summed E-state index contributed by atoms with van der Waals surface area (Å²) in [5, 5.41) is 2.61. The van der Waals surface area contributed by atoms with Gasteiger partial charge in [0.15, 0.2) is 0 Å². The lowest BCUT2D eigenvalue weighted by Crippen LogP contribution is -2.32. The number of urea groups is 1. The van der Waals surface area contributed by atoms with E-state index in [1.165, 1.54) is 23.1 Å². The average Bonchev–Trinajstić information content (AvgIpc) is 2.46. The second-order valence-electron chi connectivity index (χ2n) is 4.38. The van der Waals surface area contributed by atoms with Gasteiger partial charge in [0.2, 0.25) is 0 Å². The fourth-order valence-corrected chi connectivity index (χ4v) is 2.03. The summed E-state index contributed by atoms with van der Waals surface area (Å²) in [5.74, 6) is -0.418. The molecule has 0 heterocycles. The number of thiocarbonyl (C=S) groups is 1. The minimum Gasteiger partial charge on any atom is -0.389 e. The average molecular weight is 303 g/mol. The van der Waals surface area contributed by atoms with Crippen molar-refractivity contribution in [1.29, 1.82) is 0 Å². The molecule has 2 amide bonds. The number of hydrogen-bond acceptors (Lipinski definition) is 2. The van der Waals surface area contributed by atoms with Crippen LogP contribution in [0, 0.1) is 5.82 Å². The predicted octanol–water partition coefficient (Wildman–Crippen LogP) is 3.13. The summed E-state index contributed by atoms with van der Waals surface area (Å²) in [6.07, 6.45) is 0. The molecule has 0 bridgehead atoms. The molecule has 6 heteroatoms. The summed E-state index contributed by atoms with van der Waals surface area (Å²) >= 11 is 4.97. The smallest absolute Gasteiger partial charge is 0.326 e. The van der Waals surface area contributed by atoms with Gasteiger partial charge in [-0.3, -0.25) is 4.90 Å². The maximum atomic E-state index is 13.1. The zero-order valence-electron chi connectivity index (χ0n) is 11.3. The van der Waals surface area contributed by atoms with Crippen LogP contribution >= 0.6 is 12.2 Å². The zero-order valence-corrected chi connectivity index (χ0v) is 12.2. The van der Waals surface area contributed by atoms with E-state index in [1.54, 1.807) is 37.4 Å². The number of halogens is 1. The Morgan fingerprint density at radius 2 is 1.95 bits per heavy atom. The lowest BCUT2D eigenvalue weighted by atomic mass is 10.1. The van der Waals surface area contributed by atoms with Crippen LogP contribution in [0.1, 0.15) is 5.56 Å². The van der Waals surface area contributed by atoms with Crippen molar-refractivity contribution in [2.75, 3.05) is 17.3 Å². The third kappa shape index (κ3) is 3.55. The van der Waals surface area contributed by atoms with Gasteiger partial charge >= 0.3 is 6.03 Å². The summed E-state index contributed by atoms with van der Waals surface area (Å²) in [7, 11) is 1.59. The normalized spacial score (nSPS) is 10.0. The van der Waals surface area contributed by atoms with Crippen molar-refractivity contribution >= 4 is 34.6 Å². The van der Waals surface area contributed by atoms with Gasteiger partial charge in [0.25, 0.3) is 0 Å². The van der Waals surface area contributed by atoms with Crippen LogP contribution < -0.4 is 16.0 Å². The molecule has 0 aliphatic carbocycles. The lowest BCUT2D eigenvalue weighted by molar-refractivity contribution is 0.258. The Hall–Kier alpha value is -2.47. The monoisotopic (exact) mass is 303 g/mol. The van der Waals surface area contributed by atoms with Crippen LogP contribution in [-0.4, -0.2) is 18.1 Å². The summed E-state index contributed by atoms with van der Waals surface area (Å²) in [6.45, 7) is 0. The van der Waals surface area contributed by atoms with E-state index in [-0.39, 0.29) is 4.99 Å². The zero-order chi connectivity index (χ0) is 15.4. The highest BCUT2D eigenvalue weighted by molar-refractivity contribution is 7.80. The molecule has 108 valence electrons. The molecule has 0 aromatic heterocycles. The number of hydrogen-bond donors (Lipinski definition) is 2. The molecule has 0 atom stereocenters. The van der Waals surface area contributed by atoms with Crippen LogP contribution in [0.4, 0.5) is 20.6 Å². The highest BCUT2D eigenvalue weighted by Crippen LogP contribution is 2.20. The van der Waals surface area contributed by atoms with Crippen LogP contribution in [0.2, 0.25) is 0 Å². The van der Waals surface area contributed by atoms with Gasteiger partial charge in [-0.25, -0.2) is 9.18 Å². The Morgan fingerprint density at radius 3 is 2.62 bits per heavy atom. The SMILES string of the molecule is CN(C(=O)Nc1cccc(F)c1)c1ccccc1C(N)=S. The maximum Gasteiger partial charge on any atom is 0.326 e. The van der Waals surface area contributed by atoms with E-state index in [9.17, 15) is 9.18 Å². The summed E-state index contributed by atoms with van der Waals surface area (Å²) in [6, 6.07) is 12.3. The molecule has 0 radical (unpaired) electrons. The van der Waals surface area contributed by atoms with Crippen LogP contribution in [0.5, 0.6) is 0 Å². The van der Waals surface area contributed by atoms with Crippen molar-refractivity contribution in [3.8, 4) is 0 Å². The Bertz CT molecular complexity index is 690. The van der Waals surface area contributed by atoms with Crippen LogP contribution in [0.15, 0.2) is 48.5 Å². The van der Waals surface area contributed by atoms with Crippen LogP contribution in [0.25, 0.3) is 0 Å². The van der Waals surface area contributed by atoms with E-state index in [4.69, 9.17) is 18.0 Å². The lowest BCUT2D eigenvalue weighted by Gasteiger charge is -2.20. The Labute approximate surface area is 127 Å². The minimum atomic E-state index is -0.418. The van der Waals surface area contributed by atoms with E-state index >= 15 is 0 Å². The third-order valence-electron chi connectivity index (χ3n) is 2.91. The standard InChI is InChI=1S/C15H14FN3OS/c1-19(13-8-3-2-7-12(13)14(17)21)15(20)18-11-6-4-5-10(16)9-11/h2-9H,1H3,(H2,17,21)(H,18,20). The van der Waals surface area contributed by atoms with Crippen molar-refractivity contribution in [3.63, 3.8) is 0 Å². The number of para-hydroxylation sites is 1. The number of nitrogens with zero attached hydrogens (tertiary/aromatic N) is 1. The maximum absolute atomic E-state index is 13.1. The number of rotatable bonds is 3. The molecule has 2 aromatic rings. The molecule has 0 fully saturated rings. The summed E-state index contributed by atoms with van der Waals surface area (Å²) in [5.41, 5.74) is 7.21. The van der Waals surface area contributed by atoms with Crippen LogP contribution in [-0.2, 0) is 0 Å². The fraction of sp³-hybridized carbons (Fsp3) is 0.0667. The Morgan fingerprint density at radius 1 is 1.24 bits per heavy atom. The quantitative estimate of drug-likeness (QED) is 0.857. The number of nitrogens with one attached hydrogen (secondary N) is 1. The number of benzene rings is 2. The summed E-state index contributed by atoms with van der Waals surface area (Å²) in [4.78, 5) is 13.8. The van der Waals surface area contributed by atoms with Gasteiger partial charge in [-0.05, 0) is 30.3 Å². The minimum absolute atomic E-state index is 0.205. The molecule has 0 aliphatic rings. The highest BCUT2D eigenvalue weighted by atomic mass is 32.1. The van der Waals surface area contributed by atoms with E-state index in [1.807, 2.05) is 0 Å². The predicted molar refractivity (Wildman–Crippen MR) is 86.2 cm³/mol. The second kappa shape index (κ2) is 6.32. The first-order valence-electron chi connectivity index (χ1n) is 6.18. The second-order valence-corrected chi connectivity index (χ2v) is 4.82. The van der Waals surface area contributed by atoms with Gasteiger partial charge < -0.3 is 11.1 Å². The molecule has 0 saturated carbocycles. The van der Waals surface area contributed by atoms with Crippen molar-refractivity contribution in [2.45, 2.75) is 0 Å². The number of carbonyl (C=O) groups is 1. The molecular weight excluding hydrogens is 289 g/mol. The van der Waals surface area contributed by atoms with Crippen molar-refractivity contribution < 1.29 is 9.18 Å². The molecular formula is C15H14FN3OS. The van der Waals surface area contributed by atoms with E-state index in [0.29, 0.717) is 16.9 Å². The first-order chi connectivity index (χ1) is 9.99. The first-order valence-corrected chi connectivity index (χ1v) is 6.59. The molecule has 3 N–H and O–H groups in total. The Kier molecular flexibility index (Phi) is 4.49. The van der Waals surface area contributed by atoms with Gasteiger partial charge in [-0.1, -0.05) is 30.4 Å².